The number of nitrogens with zero attached hydrogens (tertiary/aromatic N) is 1. The molecule has 0 aromatic carbocycles. The molecule has 1 saturated heterocycles. The van der Waals surface area contributed by atoms with Gasteiger partial charge < -0.3 is 15.6 Å². The minimum atomic E-state index is -0.949. The molecule has 1 aliphatic heterocycles. The average molecular weight is 216 g/mol. The molecule has 6 nitrogen and oxygen atoms in total. The highest BCUT2D eigenvalue weighted by atomic mass is 16.5. The lowest BCUT2D eigenvalue weighted by atomic mass is 10.1. The van der Waals surface area contributed by atoms with E-state index < -0.39 is 11.9 Å². The fraction of sp³-hybridized carbons (Fsp3) is 0.778. The maximum absolute atomic E-state index is 10.7. The lowest BCUT2D eigenvalue weighted by Crippen LogP contribution is -2.40. The lowest BCUT2D eigenvalue weighted by molar-refractivity contribution is -0.138. The van der Waals surface area contributed by atoms with Gasteiger partial charge in [0.15, 0.2) is 0 Å². The molecule has 1 heterocycles. The summed E-state index contributed by atoms with van der Waals surface area (Å²) in [4.78, 5) is 22.8. The fourth-order valence-corrected chi connectivity index (χ4v) is 1.69. The van der Waals surface area contributed by atoms with Crippen molar-refractivity contribution < 1.29 is 19.4 Å². The number of primary amides is 1. The van der Waals surface area contributed by atoms with Crippen LogP contribution in [0.5, 0.6) is 0 Å². The molecular formula is C9H16N2O4. The van der Waals surface area contributed by atoms with Crippen LogP contribution >= 0.6 is 0 Å². The van der Waals surface area contributed by atoms with Crippen molar-refractivity contribution in [1.29, 1.82) is 0 Å². The summed E-state index contributed by atoms with van der Waals surface area (Å²) in [6, 6.07) is 0. The van der Waals surface area contributed by atoms with Crippen molar-refractivity contribution in [1.82, 2.24) is 4.90 Å². The van der Waals surface area contributed by atoms with Gasteiger partial charge in [-0.05, 0) is 12.3 Å². The van der Waals surface area contributed by atoms with Crippen molar-refractivity contribution >= 4 is 11.9 Å². The third-order valence-corrected chi connectivity index (χ3v) is 2.28. The van der Waals surface area contributed by atoms with E-state index in [2.05, 4.69) is 0 Å². The van der Waals surface area contributed by atoms with E-state index in [0.717, 1.165) is 6.42 Å². The summed E-state index contributed by atoms with van der Waals surface area (Å²) in [7, 11) is 0. The number of hydrogen-bond acceptors (Lipinski definition) is 4. The van der Waals surface area contributed by atoms with Crippen LogP contribution in [-0.2, 0) is 14.3 Å². The first-order valence-corrected chi connectivity index (χ1v) is 4.88. The number of carbonyl (C=O) groups is 2. The van der Waals surface area contributed by atoms with Crippen LogP contribution in [0.4, 0.5) is 0 Å². The number of rotatable bonds is 6. The van der Waals surface area contributed by atoms with Gasteiger partial charge in [-0.15, -0.1) is 0 Å². The van der Waals surface area contributed by atoms with Gasteiger partial charge in [0, 0.05) is 13.2 Å². The Morgan fingerprint density at radius 1 is 1.47 bits per heavy atom. The van der Waals surface area contributed by atoms with Crippen LogP contribution in [0.1, 0.15) is 6.42 Å². The van der Waals surface area contributed by atoms with Crippen LogP contribution < -0.4 is 5.73 Å². The van der Waals surface area contributed by atoms with Crippen LogP contribution in [0.3, 0.4) is 0 Å². The van der Waals surface area contributed by atoms with Gasteiger partial charge in [0.1, 0.15) is 0 Å². The number of amides is 1. The van der Waals surface area contributed by atoms with Crippen molar-refractivity contribution in [3.8, 4) is 0 Å². The van der Waals surface area contributed by atoms with Gasteiger partial charge in [-0.1, -0.05) is 0 Å². The summed E-state index contributed by atoms with van der Waals surface area (Å²) in [6.07, 6.45) is 0.912. The van der Waals surface area contributed by atoms with Crippen LogP contribution in [0, 0.1) is 5.92 Å². The smallest absolute Gasteiger partial charge is 0.317 e. The van der Waals surface area contributed by atoms with Crippen LogP contribution in [0.15, 0.2) is 0 Å². The Morgan fingerprint density at radius 3 is 2.67 bits per heavy atom. The zero-order valence-corrected chi connectivity index (χ0v) is 8.52. The Bertz CT molecular complexity index is 222. The average Bonchev–Trinajstić information content (AvgIpc) is 2.53. The van der Waals surface area contributed by atoms with Crippen molar-refractivity contribution in [3.05, 3.63) is 0 Å². The Morgan fingerprint density at radius 2 is 2.20 bits per heavy atom. The molecule has 1 unspecified atom stereocenters. The summed E-state index contributed by atoms with van der Waals surface area (Å²) in [5.74, 6) is -1.14. The lowest BCUT2D eigenvalue weighted by Gasteiger charge is -2.21. The van der Waals surface area contributed by atoms with Crippen molar-refractivity contribution in [2.45, 2.75) is 6.42 Å². The van der Waals surface area contributed by atoms with E-state index in [1.807, 2.05) is 0 Å². The second kappa shape index (κ2) is 5.67. The number of carbonyl (C=O) groups excluding carboxylic acids is 1. The molecule has 0 spiro atoms. The van der Waals surface area contributed by atoms with Gasteiger partial charge in [0.05, 0.1) is 19.7 Å². The van der Waals surface area contributed by atoms with E-state index in [9.17, 15) is 9.59 Å². The zero-order valence-electron chi connectivity index (χ0n) is 8.52. The molecule has 86 valence electrons. The quantitative estimate of drug-likeness (QED) is 0.587. The third-order valence-electron chi connectivity index (χ3n) is 2.28. The molecule has 0 saturated carbocycles. The second-order valence-electron chi connectivity index (χ2n) is 3.76. The molecule has 6 heteroatoms. The van der Waals surface area contributed by atoms with Crippen molar-refractivity contribution in [3.63, 3.8) is 0 Å². The van der Waals surface area contributed by atoms with Gasteiger partial charge in [-0.2, -0.15) is 0 Å². The number of ether oxygens (including phenoxy) is 1. The molecule has 1 fully saturated rings. The maximum Gasteiger partial charge on any atom is 0.317 e. The Balaban J connectivity index is 2.39. The normalized spacial score (nSPS) is 20.7. The van der Waals surface area contributed by atoms with Gasteiger partial charge in [0.2, 0.25) is 5.91 Å². The molecule has 1 amide bonds. The maximum atomic E-state index is 10.7. The topological polar surface area (TPSA) is 92.9 Å². The predicted octanol–water partition coefficient (Wildman–Crippen LogP) is -1.11. The van der Waals surface area contributed by atoms with Crippen molar-refractivity contribution in [2.75, 3.05) is 32.8 Å². The van der Waals surface area contributed by atoms with Crippen LogP contribution in [0.25, 0.3) is 0 Å². The summed E-state index contributed by atoms with van der Waals surface area (Å²) >= 11 is 0. The first-order valence-electron chi connectivity index (χ1n) is 4.88. The molecule has 0 aromatic rings. The standard InChI is InChI=1S/C9H16N2O4/c10-8(12)4-11(5-9(13)14)3-7-1-2-15-6-7/h7H,1-6H2,(H2,10,12)(H,13,14). The first kappa shape index (κ1) is 11.9. The minimum absolute atomic E-state index is 0.0111. The van der Waals surface area contributed by atoms with E-state index in [1.165, 1.54) is 0 Å². The highest BCUT2D eigenvalue weighted by Gasteiger charge is 2.21. The molecule has 1 rings (SSSR count). The summed E-state index contributed by atoms with van der Waals surface area (Å²) in [5.41, 5.74) is 5.04. The van der Waals surface area contributed by atoms with Gasteiger partial charge in [-0.25, -0.2) is 0 Å². The highest BCUT2D eigenvalue weighted by Crippen LogP contribution is 2.13. The predicted molar refractivity (Wildman–Crippen MR) is 52.2 cm³/mol. The molecule has 0 aliphatic carbocycles. The monoisotopic (exact) mass is 216 g/mol. The van der Waals surface area contributed by atoms with Crippen molar-refractivity contribution in [2.24, 2.45) is 11.7 Å². The number of nitrogens with two attached hydrogens (primary N) is 1. The van der Waals surface area contributed by atoms with Crippen LogP contribution in [-0.4, -0.2) is 54.7 Å². The number of aliphatic carboxylic acids is 1. The molecule has 0 bridgehead atoms. The van der Waals surface area contributed by atoms with E-state index in [-0.39, 0.29) is 13.1 Å². The fourth-order valence-electron chi connectivity index (χ4n) is 1.69. The SMILES string of the molecule is NC(=O)CN(CC(=O)O)CC1CCOC1. The number of carboxylic acid groups (broad SMARTS) is 1. The molecule has 3 N–H and O–H groups in total. The Labute approximate surface area is 88.0 Å². The van der Waals surface area contributed by atoms with E-state index >= 15 is 0 Å². The third kappa shape index (κ3) is 4.75. The largest absolute Gasteiger partial charge is 0.480 e. The van der Waals surface area contributed by atoms with E-state index in [0.29, 0.717) is 25.7 Å². The molecule has 1 aliphatic rings. The molecule has 0 radical (unpaired) electrons. The van der Waals surface area contributed by atoms with Crippen LogP contribution in [0.2, 0.25) is 0 Å². The molecule has 0 aromatic heterocycles. The number of carboxylic acids is 1. The van der Waals surface area contributed by atoms with E-state index in [4.69, 9.17) is 15.6 Å². The second-order valence-corrected chi connectivity index (χ2v) is 3.76. The van der Waals surface area contributed by atoms with E-state index in [1.54, 1.807) is 4.90 Å². The first-order chi connectivity index (χ1) is 7.08. The molecular weight excluding hydrogens is 200 g/mol. The van der Waals surface area contributed by atoms with Gasteiger partial charge in [-0.3, -0.25) is 14.5 Å². The summed E-state index contributed by atoms with van der Waals surface area (Å²) in [5, 5.41) is 8.65. The number of hydrogen-bond donors (Lipinski definition) is 2. The molecule has 1 atom stereocenters. The summed E-state index contributed by atoms with van der Waals surface area (Å²) < 4.78 is 5.18. The Hall–Kier alpha value is -1.14. The summed E-state index contributed by atoms with van der Waals surface area (Å²) in [6.45, 7) is 1.73. The zero-order chi connectivity index (χ0) is 11.3. The molecule has 15 heavy (non-hydrogen) atoms. The minimum Gasteiger partial charge on any atom is -0.480 e. The Kier molecular flexibility index (Phi) is 4.51. The van der Waals surface area contributed by atoms with Gasteiger partial charge >= 0.3 is 5.97 Å². The highest BCUT2D eigenvalue weighted by molar-refractivity contribution is 5.77. The van der Waals surface area contributed by atoms with Gasteiger partial charge in [0.25, 0.3) is 0 Å².